The van der Waals surface area contributed by atoms with Gasteiger partial charge in [-0.2, -0.15) is 16.4 Å². The highest BCUT2D eigenvalue weighted by atomic mass is 32.1. The quantitative estimate of drug-likeness (QED) is 0.322. The zero-order valence-corrected chi connectivity index (χ0v) is 20.4. The summed E-state index contributed by atoms with van der Waals surface area (Å²) in [6.07, 6.45) is 11.5. The van der Waals surface area contributed by atoms with Gasteiger partial charge in [0, 0.05) is 48.0 Å². The van der Waals surface area contributed by atoms with Crippen molar-refractivity contribution in [3.8, 4) is 33.8 Å². The van der Waals surface area contributed by atoms with Crippen LogP contribution in [0.1, 0.15) is 24.8 Å². The van der Waals surface area contributed by atoms with E-state index in [1.54, 1.807) is 11.3 Å². The number of pyridine rings is 3. The van der Waals surface area contributed by atoms with E-state index in [4.69, 9.17) is 4.98 Å². The summed E-state index contributed by atoms with van der Waals surface area (Å²) in [5.74, 6) is 0.669. The smallest absolute Gasteiger partial charge is 0.161 e. The number of likely N-dealkylation sites (tertiary alicyclic amines) is 1. The normalized spacial score (nSPS) is 14.7. The minimum Gasteiger partial charge on any atom is -0.321 e. The van der Waals surface area contributed by atoms with Crippen LogP contribution < -0.4 is 0 Å². The Morgan fingerprint density at radius 3 is 2.72 bits per heavy atom. The van der Waals surface area contributed by atoms with Crippen LogP contribution in [0.4, 0.5) is 0 Å². The maximum Gasteiger partial charge on any atom is 0.161 e. The van der Waals surface area contributed by atoms with Gasteiger partial charge in [-0.3, -0.25) is 15.0 Å². The van der Waals surface area contributed by atoms with Crippen molar-refractivity contribution in [1.82, 2.24) is 40.0 Å². The lowest BCUT2D eigenvalue weighted by molar-refractivity contribution is 0.220. The van der Waals surface area contributed by atoms with Crippen molar-refractivity contribution < 1.29 is 0 Å². The third-order valence-electron chi connectivity index (χ3n) is 6.84. The molecule has 0 saturated carbocycles. The highest BCUT2D eigenvalue weighted by Crippen LogP contribution is 2.32. The van der Waals surface area contributed by atoms with E-state index in [0.717, 1.165) is 69.8 Å². The maximum absolute atomic E-state index is 4.90. The number of imidazole rings is 1. The van der Waals surface area contributed by atoms with Crippen LogP contribution in [0.25, 0.3) is 56.0 Å². The van der Waals surface area contributed by atoms with Crippen molar-refractivity contribution in [3.63, 3.8) is 0 Å². The van der Waals surface area contributed by atoms with Crippen LogP contribution in [-0.4, -0.2) is 53.1 Å². The van der Waals surface area contributed by atoms with Crippen LogP contribution >= 0.6 is 11.3 Å². The average Bonchev–Trinajstić information content (AvgIpc) is 3.68. The number of H-pyrrole nitrogens is 2. The minimum absolute atomic E-state index is 0.669. The van der Waals surface area contributed by atoms with E-state index >= 15 is 0 Å². The Morgan fingerprint density at radius 1 is 0.917 bits per heavy atom. The first-order valence-electron chi connectivity index (χ1n) is 12.2. The Hall–Kier alpha value is -3.95. The molecule has 1 fully saturated rings. The molecule has 0 amide bonds. The van der Waals surface area contributed by atoms with Crippen LogP contribution in [0.3, 0.4) is 0 Å². The molecule has 0 bridgehead atoms. The number of nitrogens with zero attached hydrogens (tertiary/aromatic N) is 6. The summed E-state index contributed by atoms with van der Waals surface area (Å²) in [6, 6.07) is 8.44. The third-order valence-corrected chi connectivity index (χ3v) is 7.52. The molecule has 6 aromatic heterocycles. The molecular formula is C27H24N8S. The zero-order chi connectivity index (χ0) is 23.9. The van der Waals surface area contributed by atoms with Gasteiger partial charge in [-0.15, -0.1) is 0 Å². The van der Waals surface area contributed by atoms with Gasteiger partial charge in [-0.1, -0.05) is 6.42 Å². The summed E-state index contributed by atoms with van der Waals surface area (Å²) in [5.41, 5.74) is 8.50. The summed E-state index contributed by atoms with van der Waals surface area (Å²) in [4.78, 5) is 24.5. The monoisotopic (exact) mass is 492 g/mol. The molecule has 7 rings (SSSR count). The van der Waals surface area contributed by atoms with Gasteiger partial charge in [0.05, 0.1) is 5.39 Å². The number of aromatic amines is 2. The van der Waals surface area contributed by atoms with Gasteiger partial charge in [-0.05, 0) is 72.1 Å². The van der Waals surface area contributed by atoms with E-state index in [0.29, 0.717) is 5.82 Å². The molecule has 1 aliphatic rings. The predicted molar refractivity (Wildman–Crippen MR) is 142 cm³/mol. The first-order chi connectivity index (χ1) is 17.8. The Balaban J connectivity index is 1.26. The second kappa shape index (κ2) is 8.92. The van der Waals surface area contributed by atoms with Crippen LogP contribution in [0.15, 0.2) is 59.8 Å². The Kier molecular flexibility index (Phi) is 5.29. The van der Waals surface area contributed by atoms with E-state index in [-0.39, 0.29) is 0 Å². The number of nitrogens with one attached hydrogen (secondary N) is 2. The Bertz CT molecular complexity index is 1660. The topological polar surface area (TPSA) is 99.3 Å². The highest BCUT2D eigenvalue weighted by molar-refractivity contribution is 7.08. The summed E-state index contributed by atoms with van der Waals surface area (Å²) < 4.78 is 0. The SMILES string of the molecule is c1cc(-c2ccsc2)c2nc(-c3n[nH]c4ncc(-c5cncc(CN6CCCCC6)c5)cc34)[nH]c2n1. The molecule has 7 heterocycles. The molecule has 0 aromatic carbocycles. The van der Waals surface area contributed by atoms with Crippen molar-refractivity contribution in [2.75, 3.05) is 13.1 Å². The van der Waals surface area contributed by atoms with Gasteiger partial charge in [0.15, 0.2) is 17.1 Å². The summed E-state index contributed by atoms with van der Waals surface area (Å²) in [6.45, 7) is 3.26. The molecule has 9 heteroatoms. The average molecular weight is 493 g/mol. The number of piperidine rings is 1. The van der Waals surface area contributed by atoms with Crippen LogP contribution in [0.2, 0.25) is 0 Å². The van der Waals surface area contributed by atoms with E-state index in [1.807, 2.05) is 30.9 Å². The molecule has 0 unspecified atom stereocenters. The molecule has 2 N–H and O–H groups in total. The molecule has 0 aliphatic carbocycles. The summed E-state index contributed by atoms with van der Waals surface area (Å²) in [5, 5.41) is 12.7. The molecule has 36 heavy (non-hydrogen) atoms. The molecule has 0 atom stereocenters. The van der Waals surface area contributed by atoms with Crippen molar-refractivity contribution in [2.24, 2.45) is 0 Å². The Labute approximate surface area is 211 Å². The first-order valence-corrected chi connectivity index (χ1v) is 13.1. The van der Waals surface area contributed by atoms with E-state index < -0.39 is 0 Å². The number of aromatic nitrogens is 7. The Morgan fingerprint density at radius 2 is 1.83 bits per heavy atom. The standard InChI is InChI=1S/C27H24N8S/c1-2-7-35(8-3-1)15-17-10-19(13-28-12-17)20-11-22-24(33-34-25(22)30-14-20)27-31-23-21(18-5-9-36-16-18)4-6-29-26(23)32-27/h4-6,9-14,16H,1-3,7-8,15H2,(H,29,31,32)(H,30,33,34). The largest absolute Gasteiger partial charge is 0.321 e. The molecule has 8 nitrogen and oxygen atoms in total. The van der Waals surface area contributed by atoms with E-state index in [1.165, 1.54) is 24.8 Å². The van der Waals surface area contributed by atoms with Gasteiger partial charge in [0.25, 0.3) is 0 Å². The lowest BCUT2D eigenvalue weighted by Crippen LogP contribution is -2.29. The van der Waals surface area contributed by atoms with Crippen molar-refractivity contribution >= 4 is 33.5 Å². The van der Waals surface area contributed by atoms with Gasteiger partial charge in [-0.25, -0.2) is 15.0 Å². The summed E-state index contributed by atoms with van der Waals surface area (Å²) in [7, 11) is 0. The number of rotatable bonds is 5. The minimum atomic E-state index is 0.669. The van der Waals surface area contributed by atoms with Gasteiger partial charge in [0.1, 0.15) is 11.2 Å². The number of hydrogen-bond donors (Lipinski definition) is 2. The molecule has 0 radical (unpaired) electrons. The fourth-order valence-electron chi connectivity index (χ4n) is 5.02. The second-order valence-electron chi connectivity index (χ2n) is 9.26. The van der Waals surface area contributed by atoms with Crippen LogP contribution in [-0.2, 0) is 6.54 Å². The van der Waals surface area contributed by atoms with Gasteiger partial charge in [0.2, 0.25) is 0 Å². The summed E-state index contributed by atoms with van der Waals surface area (Å²) >= 11 is 1.67. The third kappa shape index (κ3) is 3.86. The molecule has 6 aromatic rings. The lowest BCUT2D eigenvalue weighted by Gasteiger charge is -2.26. The lowest BCUT2D eigenvalue weighted by atomic mass is 10.1. The highest BCUT2D eigenvalue weighted by Gasteiger charge is 2.17. The molecule has 178 valence electrons. The van der Waals surface area contributed by atoms with E-state index in [2.05, 4.69) is 64.0 Å². The van der Waals surface area contributed by atoms with Crippen molar-refractivity contribution in [3.05, 3.63) is 65.4 Å². The number of fused-ring (bicyclic) bond motifs is 2. The maximum atomic E-state index is 4.90. The molecule has 0 spiro atoms. The molecule has 1 aliphatic heterocycles. The van der Waals surface area contributed by atoms with Crippen LogP contribution in [0.5, 0.6) is 0 Å². The molecular weight excluding hydrogens is 468 g/mol. The molecule has 1 saturated heterocycles. The number of hydrogen-bond acceptors (Lipinski definition) is 7. The fourth-order valence-corrected chi connectivity index (χ4v) is 5.68. The van der Waals surface area contributed by atoms with Gasteiger partial charge < -0.3 is 4.98 Å². The first kappa shape index (κ1) is 21.3. The van der Waals surface area contributed by atoms with E-state index in [9.17, 15) is 0 Å². The van der Waals surface area contributed by atoms with Crippen LogP contribution in [0, 0.1) is 0 Å². The zero-order valence-electron chi connectivity index (χ0n) is 19.6. The predicted octanol–water partition coefficient (Wildman–Crippen LogP) is 5.67. The second-order valence-corrected chi connectivity index (χ2v) is 10.0. The number of thiophene rings is 1. The van der Waals surface area contributed by atoms with Crippen molar-refractivity contribution in [2.45, 2.75) is 25.8 Å². The fraction of sp³-hybridized carbons (Fsp3) is 0.222. The van der Waals surface area contributed by atoms with Crippen molar-refractivity contribution in [1.29, 1.82) is 0 Å². The van der Waals surface area contributed by atoms with Gasteiger partial charge >= 0.3 is 0 Å².